The molecule has 2 aromatic rings. The Labute approximate surface area is 165 Å². The molecule has 150 valence electrons. The van der Waals surface area contributed by atoms with Crippen LogP contribution in [0.25, 0.3) is 0 Å². The lowest BCUT2D eigenvalue weighted by atomic mass is 10.1. The molecule has 0 fully saturated rings. The van der Waals surface area contributed by atoms with Gasteiger partial charge in [-0.2, -0.15) is 0 Å². The second-order valence-corrected chi connectivity index (χ2v) is 8.12. The summed E-state index contributed by atoms with van der Waals surface area (Å²) in [5, 5.41) is 2.72. The summed E-state index contributed by atoms with van der Waals surface area (Å²) in [5.41, 5.74) is 1.70. The molecule has 7 nitrogen and oxygen atoms in total. The Morgan fingerprint density at radius 3 is 2.32 bits per heavy atom. The van der Waals surface area contributed by atoms with E-state index in [2.05, 4.69) is 5.32 Å². The van der Waals surface area contributed by atoms with Gasteiger partial charge in [-0.15, -0.1) is 0 Å². The second kappa shape index (κ2) is 8.88. The number of esters is 1. The van der Waals surface area contributed by atoms with Crippen molar-refractivity contribution in [2.24, 2.45) is 0 Å². The number of sulfonamides is 1. The normalized spacial score (nSPS) is 12.1. The van der Waals surface area contributed by atoms with Gasteiger partial charge in [-0.3, -0.25) is 9.10 Å². The van der Waals surface area contributed by atoms with E-state index < -0.39 is 27.9 Å². The lowest BCUT2D eigenvalue weighted by Gasteiger charge is -2.28. The number of ether oxygens (including phenoxy) is 1. The van der Waals surface area contributed by atoms with Crippen molar-refractivity contribution in [1.29, 1.82) is 0 Å². The summed E-state index contributed by atoms with van der Waals surface area (Å²) in [5.74, 6) is -0.996. The van der Waals surface area contributed by atoms with E-state index in [4.69, 9.17) is 4.74 Å². The minimum absolute atomic E-state index is 0.242. The molecule has 8 heteroatoms. The van der Waals surface area contributed by atoms with Crippen LogP contribution in [0.4, 0.5) is 11.4 Å². The molecule has 0 heterocycles. The van der Waals surface area contributed by atoms with Crippen LogP contribution in [-0.2, 0) is 19.6 Å². The minimum Gasteiger partial charge on any atom is -0.462 e. The summed E-state index contributed by atoms with van der Waals surface area (Å²) < 4.78 is 30.7. The molecule has 28 heavy (non-hydrogen) atoms. The number of nitrogens with zero attached hydrogens (tertiary/aromatic N) is 1. The molecule has 0 spiro atoms. The fraction of sp³-hybridized carbons (Fsp3) is 0.300. The first kappa shape index (κ1) is 21.4. The maximum Gasteiger partial charge on any atom is 0.338 e. The van der Waals surface area contributed by atoms with E-state index in [1.807, 2.05) is 0 Å². The number of amides is 1. The Kier molecular flexibility index (Phi) is 6.80. The summed E-state index contributed by atoms with van der Waals surface area (Å²) in [6.45, 7) is 5.15. The second-order valence-electron chi connectivity index (χ2n) is 6.26. The fourth-order valence-electron chi connectivity index (χ4n) is 2.82. The predicted octanol–water partition coefficient (Wildman–Crippen LogP) is 2.96. The van der Waals surface area contributed by atoms with E-state index in [9.17, 15) is 18.0 Å². The van der Waals surface area contributed by atoms with Gasteiger partial charge < -0.3 is 10.1 Å². The molecule has 0 aliphatic carbocycles. The van der Waals surface area contributed by atoms with Gasteiger partial charge in [-0.1, -0.05) is 24.3 Å². The number of carbonyl (C=O) groups excluding carboxylic acids is 2. The maximum atomic E-state index is 12.8. The molecule has 0 unspecified atom stereocenters. The summed E-state index contributed by atoms with van der Waals surface area (Å²) >= 11 is 0. The molecule has 0 aliphatic heterocycles. The zero-order chi connectivity index (χ0) is 20.9. The molecule has 0 aliphatic rings. The smallest absolute Gasteiger partial charge is 0.338 e. The van der Waals surface area contributed by atoms with Gasteiger partial charge >= 0.3 is 5.97 Å². The molecule has 0 saturated carbocycles. The number of nitrogens with one attached hydrogen (secondary N) is 1. The van der Waals surface area contributed by atoms with Crippen molar-refractivity contribution in [1.82, 2.24) is 0 Å². The highest BCUT2D eigenvalue weighted by Crippen LogP contribution is 2.23. The maximum absolute atomic E-state index is 12.8. The van der Waals surface area contributed by atoms with Crippen LogP contribution in [0.5, 0.6) is 0 Å². The highest BCUT2D eigenvalue weighted by molar-refractivity contribution is 7.92. The third kappa shape index (κ3) is 4.89. The molecule has 1 atom stereocenters. The van der Waals surface area contributed by atoms with Crippen LogP contribution in [0.3, 0.4) is 0 Å². The van der Waals surface area contributed by atoms with Crippen molar-refractivity contribution in [2.45, 2.75) is 26.8 Å². The van der Waals surface area contributed by atoms with E-state index in [1.165, 1.54) is 6.92 Å². The number of hydrogen-bond acceptors (Lipinski definition) is 5. The van der Waals surface area contributed by atoms with Crippen molar-refractivity contribution in [2.75, 3.05) is 22.5 Å². The number of anilines is 2. The van der Waals surface area contributed by atoms with Crippen molar-refractivity contribution >= 4 is 33.3 Å². The third-order valence-corrected chi connectivity index (χ3v) is 5.43. The average Bonchev–Trinajstić information content (AvgIpc) is 2.63. The lowest BCUT2D eigenvalue weighted by molar-refractivity contribution is -0.116. The van der Waals surface area contributed by atoms with E-state index >= 15 is 0 Å². The van der Waals surface area contributed by atoms with Crippen LogP contribution in [0, 0.1) is 6.92 Å². The molecular formula is C20H24N2O5S. The molecular weight excluding hydrogens is 380 g/mol. The van der Waals surface area contributed by atoms with E-state index in [-0.39, 0.29) is 6.61 Å². The standard InChI is InChI=1S/C20H24N2O5S/c1-5-27-20(24)17-12-9-13-18(14(17)2)21-19(23)15(3)22(28(4,25)26)16-10-7-6-8-11-16/h6-13,15H,5H2,1-4H3,(H,21,23)/t15-/m0/s1. The zero-order valence-electron chi connectivity index (χ0n) is 16.3. The van der Waals surface area contributed by atoms with Gasteiger partial charge in [0.15, 0.2) is 0 Å². The van der Waals surface area contributed by atoms with Crippen LogP contribution in [0.15, 0.2) is 48.5 Å². The largest absolute Gasteiger partial charge is 0.462 e. The zero-order valence-corrected chi connectivity index (χ0v) is 17.1. The molecule has 1 amide bonds. The SMILES string of the molecule is CCOC(=O)c1cccc(NC(=O)[C@H](C)N(c2ccccc2)S(C)(=O)=O)c1C. The number of hydrogen-bond donors (Lipinski definition) is 1. The highest BCUT2D eigenvalue weighted by Gasteiger charge is 2.29. The van der Waals surface area contributed by atoms with Crippen molar-refractivity contribution < 1.29 is 22.7 Å². The van der Waals surface area contributed by atoms with Crippen LogP contribution in [-0.4, -0.2) is 39.2 Å². The van der Waals surface area contributed by atoms with Gasteiger partial charge in [0.25, 0.3) is 0 Å². The Morgan fingerprint density at radius 2 is 1.75 bits per heavy atom. The monoisotopic (exact) mass is 404 g/mol. The van der Waals surface area contributed by atoms with Crippen LogP contribution in [0.2, 0.25) is 0 Å². The van der Waals surface area contributed by atoms with Crippen LogP contribution in [0.1, 0.15) is 29.8 Å². The van der Waals surface area contributed by atoms with Crippen molar-refractivity contribution in [3.63, 3.8) is 0 Å². The molecule has 1 N–H and O–H groups in total. The van der Waals surface area contributed by atoms with Gasteiger partial charge in [-0.25, -0.2) is 13.2 Å². The van der Waals surface area contributed by atoms with E-state index in [0.29, 0.717) is 22.5 Å². The summed E-state index contributed by atoms with van der Waals surface area (Å²) in [6.07, 6.45) is 1.05. The number of carbonyl (C=O) groups is 2. The summed E-state index contributed by atoms with van der Waals surface area (Å²) in [6, 6.07) is 12.3. The first-order valence-corrected chi connectivity index (χ1v) is 10.6. The Morgan fingerprint density at radius 1 is 1.11 bits per heavy atom. The topological polar surface area (TPSA) is 92.8 Å². The van der Waals surface area contributed by atoms with Crippen molar-refractivity contribution in [3.05, 3.63) is 59.7 Å². The van der Waals surface area contributed by atoms with Crippen molar-refractivity contribution in [3.8, 4) is 0 Å². The highest BCUT2D eigenvalue weighted by atomic mass is 32.2. The van der Waals surface area contributed by atoms with Gasteiger partial charge in [0, 0.05) is 5.69 Å². The molecule has 2 aromatic carbocycles. The molecule has 0 bridgehead atoms. The Balaban J connectivity index is 2.31. The van der Waals surface area contributed by atoms with Gasteiger partial charge in [0.1, 0.15) is 6.04 Å². The third-order valence-electron chi connectivity index (χ3n) is 4.19. The number of benzene rings is 2. The van der Waals surface area contributed by atoms with Gasteiger partial charge in [0.2, 0.25) is 15.9 Å². The summed E-state index contributed by atoms with van der Waals surface area (Å²) in [4.78, 5) is 24.8. The Bertz CT molecular complexity index is 958. The molecule has 2 rings (SSSR count). The van der Waals surface area contributed by atoms with Crippen LogP contribution < -0.4 is 9.62 Å². The molecule has 0 radical (unpaired) electrons. The quantitative estimate of drug-likeness (QED) is 0.716. The van der Waals surface area contributed by atoms with Crippen LogP contribution >= 0.6 is 0 Å². The van der Waals surface area contributed by atoms with Gasteiger partial charge in [-0.05, 0) is 50.6 Å². The molecule has 0 aromatic heterocycles. The Hall–Kier alpha value is -2.87. The number of rotatable bonds is 7. The van der Waals surface area contributed by atoms with Gasteiger partial charge in [0.05, 0.1) is 24.1 Å². The lowest BCUT2D eigenvalue weighted by Crippen LogP contribution is -2.45. The fourth-order valence-corrected chi connectivity index (χ4v) is 4.00. The minimum atomic E-state index is -3.70. The predicted molar refractivity (Wildman–Crippen MR) is 109 cm³/mol. The first-order valence-electron chi connectivity index (χ1n) is 8.78. The number of para-hydroxylation sites is 1. The average molecular weight is 404 g/mol. The first-order chi connectivity index (χ1) is 13.2. The van der Waals surface area contributed by atoms with E-state index in [0.717, 1.165) is 10.6 Å². The van der Waals surface area contributed by atoms with E-state index in [1.54, 1.807) is 62.4 Å². The molecule has 0 saturated heterocycles. The summed E-state index contributed by atoms with van der Waals surface area (Å²) in [7, 11) is -3.70.